The Labute approximate surface area is 169 Å². The second kappa shape index (κ2) is 9.89. The van der Waals surface area contributed by atoms with Crippen LogP contribution in [-0.4, -0.2) is 24.0 Å². The van der Waals surface area contributed by atoms with Crippen molar-refractivity contribution in [3.63, 3.8) is 0 Å². The van der Waals surface area contributed by atoms with Crippen molar-refractivity contribution in [2.45, 2.75) is 13.5 Å². The van der Waals surface area contributed by atoms with E-state index in [1.165, 1.54) is 6.92 Å². The Bertz CT molecular complexity index is 990. The molecule has 29 heavy (non-hydrogen) atoms. The van der Waals surface area contributed by atoms with Crippen LogP contribution in [0.15, 0.2) is 77.9 Å². The predicted molar refractivity (Wildman–Crippen MR) is 112 cm³/mol. The van der Waals surface area contributed by atoms with Crippen LogP contribution in [0.1, 0.15) is 12.5 Å². The van der Waals surface area contributed by atoms with Crippen LogP contribution in [0.25, 0.3) is 11.1 Å². The molecular weight excluding hydrogens is 368 g/mol. The maximum atomic E-state index is 11.2. The molecule has 7 nitrogen and oxygen atoms in total. The third-order valence-electron chi connectivity index (χ3n) is 4.01. The average Bonchev–Trinajstić information content (AvgIpc) is 2.76. The summed E-state index contributed by atoms with van der Waals surface area (Å²) in [6.07, 6.45) is 1.70. The van der Waals surface area contributed by atoms with Crippen LogP contribution in [0.3, 0.4) is 0 Å². The van der Waals surface area contributed by atoms with Crippen LogP contribution in [-0.2, 0) is 16.2 Å². The van der Waals surface area contributed by atoms with Gasteiger partial charge in [0.05, 0.1) is 13.7 Å². The SMILES string of the molecule is COc1ccccc1CN=C(NOC(C)=O)Nc1cc(-c2ccccc2)ccn1. The summed E-state index contributed by atoms with van der Waals surface area (Å²) < 4.78 is 5.35. The van der Waals surface area contributed by atoms with E-state index in [1.54, 1.807) is 13.3 Å². The highest BCUT2D eigenvalue weighted by Gasteiger charge is 2.07. The molecule has 2 aromatic carbocycles. The largest absolute Gasteiger partial charge is 0.496 e. The zero-order chi connectivity index (χ0) is 20.5. The Morgan fingerprint density at radius 2 is 1.79 bits per heavy atom. The molecule has 0 spiro atoms. The molecule has 0 saturated carbocycles. The maximum absolute atomic E-state index is 11.2. The Kier molecular flexibility index (Phi) is 6.78. The molecule has 0 unspecified atom stereocenters. The molecule has 0 amide bonds. The lowest BCUT2D eigenvalue weighted by Gasteiger charge is -2.12. The Morgan fingerprint density at radius 1 is 1.03 bits per heavy atom. The van der Waals surface area contributed by atoms with Crippen molar-refractivity contribution >= 4 is 17.7 Å². The van der Waals surface area contributed by atoms with Gasteiger partial charge >= 0.3 is 5.97 Å². The number of para-hydroxylation sites is 1. The molecule has 0 bridgehead atoms. The molecule has 0 radical (unpaired) electrons. The summed E-state index contributed by atoms with van der Waals surface area (Å²) in [5.74, 6) is 1.06. The number of hydrogen-bond acceptors (Lipinski definition) is 5. The van der Waals surface area contributed by atoms with E-state index in [2.05, 4.69) is 20.8 Å². The third kappa shape index (κ3) is 5.80. The number of guanidine groups is 1. The second-order valence-electron chi connectivity index (χ2n) is 6.09. The van der Waals surface area contributed by atoms with Gasteiger partial charge in [0.1, 0.15) is 11.6 Å². The number of benzene rings is 2. The molecule has 2 N–H and O–H groups in total. The smallest absolute Gasteiger partial charge is 0.329 e. The van der Waals surface area contributed by atoms with Crippen molar-refractivity contribution < 1.29 is 14.4 Å². The molecule has 0 atom stereocenters. The first-order valence-corrected chi connectivity index (χ1v) is 9.04. The van der Waals surface area contributed by atoms with E-state index in [0.717, 1.165) is 22.4 Å². The fourth-order valence-electron chi connectivity index (χ4n) is 2.65. The molecule has 1 heterocycles. The van der Waals surface area contributed by atoms with Gasteiger partial charge in [-0.25, -0.2) is 9.98 Å². The fourth-order valence-corrected chi connectivity index (χ4v) is 2.65. The third-order valence-corrected chi connectivity index (χ3v) is 4.01. The molecule has 0 fully saturated rings. The molecule has 148 valence electrons. The van der Waals surface area contributed by atoms with E-state index < -0.39 is 5.97 Å². The maximum Gasteiger partial charge on any atom is 0.329 e. The van der Waals surface area contributed by atoms with Crippen molar-refractivity contribution in [3.8, 4) is 16.9 Å². The molecule has 1 aromatic heterocycles. The van der Waals surface area contributed by atoms with Crippen molar-refractivity contribution in [2.24, 2.45) is 4.99 Å². The lowest BCUT2D eigenvalue weighted by molar-refractivity contribution is -0.145. The van der Waals surface area contributed by atoms with Crippen LogP contribution in [0.2, 0.25) is 0 Å². The number of nitrogens with zero attached hydrogens (tertiary/aromatic N) is 2. The van der Waals surface area contributed by atoms with Crippen molar-refractivity contribution in [1.29, 1.82) is 0 Å². The van der Waals surface area contributed by atoms with Gasteiger partial charge in [-0.2, -0.15) is 5.48 Å². The van der Waals surface area contributed by atoms with Gasteiger partial charge in [0.25, 0.3) is 0 Å². The van der Waals surface area contributed by atoms with E-state index in [-0.39, 0.29) is 5.96 Å². The first-order valence-electron chi connectivity index (χ1n) is 9.04. The highest BCUT2D eigenvalue weighted by molar-refractivity contribution is 5.93. The normalized spacial score (nSPS) is 10.9. The average molecular weight is 390 g/mol. The summed E-state index contributed by atoms with van der Waals surface area (Å²) in [4.78, 5) is 24.9. The lowest BCUT2D eigenvalue weighted by atomic mass is 10.1. The number of methoxy groups -OCH3 is 1. The number of hydroxylamine groups is 1. The molecule has 0 aliphatic carbocycles. The fraction of sp³-hybridized carbons (Fsp3) is 0.136. The van der Waals surface area contributed by atoms with Crippen LogP contribution in [0, 0.1) is 0 Å². The molecule has 0 saturated heterocycles. The monoisotopic (exact) mass is 390 g/mol. The van der Waals surface area contributed by atoms with Gasteiger partial charge in [0, 0.05) is 18.7 Å². The molecule has 0 aliphatic rings. The number of aromatic nitrogens is 1. The van der Waals surface area contributed by atoms with Gasteiger partial charge in [-0.1, -0.05) is 48.5 Å². The molecule has 3 rings (SSSR count). The first-order chi connectivity index (χ1) is 14.2. The number of anilines is 1. The van der Waals surface area contributed by atoms with Gasteiger partial charge in [-0.15, -0.1) is 0 Å². The zero-order valence-electron chi connectivity index (χ0n) is 16.3. The van der Waals surface area contributed by atoms with E-state index >= 15 is 0 Å². The highest BCUT2D eigenvalue weighted by Crippen LogP contribution is 2.21. The van der Waals surface area contributed by atoms with Crippen LogP contribution in [0.5, 0.6) is 5.75 Å². The number of nitrogens with one attached hydrogen (secondary N) is 2. The summed E-state index contributed by atoms with van der Waals surface area (Å²) in [5, 5.41) is 3.06. The second-order valence-corrected chi connectivity index (χ2v) is 6.09. The minimum atomic E-state index is -0.484. The lowest BCUT2D eigenvalue weighted by Crippen LogP contribution is -2.32. The first kappa shape index (κ1) is 19.9. The minimum Gasteiger partial charge on any atom is -0.496 e. The van der Waals surface area contributed by atoms with Gasteiger partial charge in [-0.3, -0.25) is 4.79 Å². The summed E-state index contributed by atoms with van der Waals surface area (Å²) in [6.45, 7) is 1.62. The van der Waals surface area contributed by atoms with E-state index in [9.17, 15) is 4.79 Å². The van der Waals surface area contributed by atoms with E-state index in [1.807, 2.05) is 66.7 Å². The topological polar surface area (TPSA) is 84.8 Å². The number of aliphatic imine (C=N–C) groups is 1. The molecular formula is C22H22N4O3. The summed E-state index contributed by atoms with van der Waals surface area (Å²) in [7, 11) is 1.61. The standard InChI is InChI=1S/C22H22N4O3/c1-16(27)29-26-22(24-15-19-10-6-7-11-20(19)28-2)25-21-14-18(12-13-23-21)17-8-4-3-5-9-17/h3-14H,15H2,1-2H3,(H2,23,24,25,26). The van der Waals surface area contributed by atoms with Crippen molar-refractivity contribution in [1.82, 2.24) is 10.5 Å². The number of carbonyl (C=O) groups excluding carboxylic acids is 1. The van der Waals surface area contributed by atoms with Crippen LogP contribution >= 0.6 is 0 Å². The van der Waals surface area contributed by atoms with Gasteiger partial charge in [0.2, 0.25) is 5.96 Å². The van der Waals surface area contributed by atoms with Crippen molar-refractivity contribution in [3.05, 3.63) is 78.5 Å². The quantitative estimate of drug-likeness (QED) is 0.392. The van der Waals surface area contributed by atoms with Crippen LogP contribution < -0.4 is 15.5 Å². The van der Waals surface area contributed by atoms with E-state index in [4.69, 9.17) is 9.57 Å². The number of carbonyl (C=O) groups is 1. The number of ether oxygens (including phenoxy) is 1. The predicted octanol–water partition coefficient (Wildman–Crippen LogP) is 3.79. The Balaban J connectivity index is 1.81. The number of hydrogen-bond donors (Lipinski definition) is 2. The number of pyridine rings is 1. The van der Waals surface area contributed by atoms with Gasteiger partial charge < -0.3 is 14.9 Å². The molecule has 7 heteroatoms. The summed E-state index contributed by atoms with van der Waals surface area (Å²) in [6, 6.07) is 21.4. The molecule has 3 aromatic rings. The summed E-state index contributed by atoms with van der Waals surface area (Å²) >= 11 is 0. The minimum absolute atomic E-state index is 0.254. The van der Waals surface area contributed by atoms with Gasteiger partial charge in [-0.05, 0) is 29.3 Å². The zero-order valence-corrected chi connectivity index (χ0v) is 16.3. The van der Waals surface area contributed by atoms with E-state index in [0.29, 0.717) is 12.4 Å². The Hall–Kier alpha value is -3.87. The Morgan fingerprint density at radius 3 is 2.55 bits per heavy atom. The number of rotatable bonds is 5. The highest BCUT2D eigenvalue weighted by atomic mass is 16.7. The van der Waals surface area contributed by atoms with Gasteiger partial charge in [0.15, 0.2) is 0 Å². The van der Waals surface area contributed by atoms with Crippen LogP contribution in [0.4, 0.5) is 5.82 Å². The molecule has 0 aliphatic heterocycles. The summed E-state index contributed by atoms with van der Waals surface area (Å²) in [5.41, 5.74) is 5.50. The van der Waals surface area contributed by atoms with Crippen molar-refractivity contribution in [2.75, 3.05) is 12.4 Å².